The lowest BCUT2D eigenvalue weighted by Crippen LogP contribution is -2.27. The van der Waals surface area contributed by atoms with Crippen LogP contribution in [-0.4, -0.2) is 20.0 Å². The quantitative estimate of drug-likeness (QED) is 0.427. The van der Waals surface area contributed by atoms with Crippen LogP contribution in [0.3, 0.4) is 0 Å². The molecule has 6 heteroatoms. The first kappa shape index (κ1) is 21.6. The fourth-order valence-corrected chi connectivity index (χ4v) is 5.28. The minimum atomic E-state index is -0.377. The minimum Gasteiger partial charge on any atom is -0.496 e. The molecule has 0 amide bonds. The first-order valence-electron chi connectivity index (χ1n) is 10.9. The second kappa shape index (κ2) is 8.94. The number of benzene rings is 3. The molecule has 2 N–H and O–H groups in total. The summed E-state index contributed by atoms with van der Waals surface area (Å²) in [5.41, 5.74) is 5.63. The van der Waals surface area contributed by atoms with E-state index < -0.39 is 0 Å². The topological polar surface area (TPSA) is 59.6 Å². The Kier molecular flexibility index (Phi) is 5.85. The van der Waals surface area contributed by atoms with Crippen molar-refractivity contribution in [3.05, 3.63) is 93.6 Å². The van der Waals surface area contributed by atoms with Crippen LogP contribution in [-0.2, 0) is 4.79 Å². The summed E-state index contributed by atoms with van der Waals surface area (Å²) in [5.74, 6) is 1.64. The van der Waals surface area contributed by atoms with Crippen LogP contribution in [0.4, 0.5) is 11.4 Å². The van der Waals surface area contributed by atoms with Gasteiger partial charge >= 0.3 is 0 Å². The van der Waals surface area contributed by atoms with Crippen molar-refractivity contribution in [1.29, 1.82) is 0 Å². The number of para-hydroxylation sites is 2. The van der Waals surface area contributed by atoms with Crippen molar-refractivity contribution in [3.8, 4) is 11.5 Å². The number of hydrogen-bond donors (Lipinski definition) is 2. The molecule has 0 unspecified atom stereocenters. The van der Waals surface area contributed by atoms with Crippen LogP contribution in [0.15, 0.2) is 82.5 Å². The number of hydrogen-bond acceptors (Lipinski definition) is 5. The highest BCUT2D eigenvalue weighted by Crippen LogP contribution is 2.47. The van der Waals surface area contributed by atoms with Gasteiger partial charge in [0, 0.05) is 23.3 Å². The third-order valence-corrected chi connectivity index (χ3v) is 7.01. The van der Waals surface area contributed by atoms with E-state index in [0.29, 0.717) is 17.9 Å². The van der Waals surface area contributed by atoms with Crippen molar-refractivity contribution >= 4 is 33.1 Å². The Morgan fingerprint density at radius 1 is 0.879 bits per heavy atom. The number of ketones is 1. The summed E-state index contributed by atoms with van der Waals surface area (Å²) >= 11 is 3.55. The Morgan fingerprint density at radius 2 is 1.58 bits per heavy atom. The molecular formula is C27H25BrN2O3. The standard InChI is InChI=1S/C27H25BrN2O3/c1-32-24-15-19(28)25(33-2)14-18(24)27-26-22(29-20-10-6-7-11-21(20)30-27)12-17(13-23(26)31)16-8-4-3-5-9-16/h3-11,14-15,17,27,29-30H,12-13H2,1-2H3/t17-,27+/m0/s1. The highest BCUT2D eigenvalue weighted by molar-refractivity contribution is 9.10. The monoisotopic (exact) mass is 504 g/mol. The van der Waals surface area contributed by atoms with Gasteiger partial charge < -0.3 is 20.1 Å². The van der Waals surface area contributed by atoms with Gasteiger partial charge in [0.2, 0.25) is 0 Å². The van der Waals surface area contributed by atoms with E-state index in [9.17, 15) is 4.79 Å². The van der Waals surface area contributed by atoms with Crippen LogP contribution in [0, 0.1) is 0 Å². The minimum absolute atomic E-state index is 0.131. The number of ether oxygens (including phenoxy) is 2. The third-order valence-electron chi connectivity index (χ3n) is 6.40. The third kappa shape index (κ3) is 4.00. The first-order chi connectivity index (χ1) is 16.1. The molecule has 3 aromatic rings. The smallest absolute Gasteiger partial charge is 0.163 e. The zero-order chi connectivity index (χ0) is 22.9. The molecule has 3 aromatic carbocycles. The predicted molar refractivity (Wildman–Crippen MR) is 134 cm³/mol. The molecule has 1 aliphatic heterocycles. The zero-order valence-corrected chi connectivity index (χ0v) is 20.1. The van der Waals surface area contributed by atoms with Gasteiger partial charge in [0.1, 0.15) is 11.5 Å². The summed E-state index contributed by atoms with van der Waals surface area (Å²) < 4.78 is 12.1. The largest absolute Gasteiger partial charge is 0.496 e. The second-order valence-electron chi connectivity index (χ2n) is 8.31. The lowest BCUT2D eigenvalue weighted by Gasteiger charge is -2.30. The Hall–Kier alpha value is -3.25. The number of carbonyl (C=O) groups excluding carboxylic acids is 1. The van der Waals surface area contributed by atoms with Gasteiger partial charge in [-0.1, -0.05) is 42.5 Å². The van der Waals surface area contributed by atoms with Gasteiger partial charge in [-0.25, -0.2) is 0 Å². The summed E-state index contributed by atoms with van der Waals surface area (Å²) in [5, 5.41) is 7.20. The lowest BCUT2D eigenvalue weighted by molar-refractivity contribution is -0.116. The van der Waals surface area contributed by atoms with Crippen LogP contribution in [0.2, 0.25) is 0 Å². The van der Waals surface area contributed by atoms with Gasteiger partial charge in [0.25, 0.3) is 0 Å². The average molecular weight is 505 g/mol. The number of nitrogens with one attached hydrogen (secondary N) is 2. The summed E-state index contributed by atoms with van der Waals surface area (Å²) in [7, 11) is 3.28. The average Bonchev–Trinajstić information content (AvgIpc) is 3.01. The molecule has 33 heavy (non-hydrogen) atoms. The molecule has 0 saturated heterocycles. The van der Waals surface area contributed by atoms with Crippen LogP contribution < -0.4 is 20.1 Å². The Bertz CT molecular complexity index is 1240. The molecule has 1 heterocycles. The maximum atomic E-state index is 13.7. The molecule has 0 fully saturated rings. The van der Waals surface area contributed by atoms with Gasteiger partial charge in [-0.2, -0.15) is 0 Å². The van der Waals surface area contributed by atoms with Gasteiger partial charge in [-0.3, -0.25) is 4.79 Å². The first-order valence-corrected chi connectivity index (χ1v) is 11.7. The van der Waals surface area contributed by atoms with E-state index >= 15 is 0 Å². The summed E-state index contributed by atoms with van der Waals surface area (Å²) in [6.07, 6.45) is 1.22. The number of anilines is 2. The van der Waals surface area contributed by atoms with Crippen LogP contribution in [0.1, 0.15) is 35.9 Å². The normalized spacial score (nSPS) is 19.5. The Labute approximate surface area is 201 Å². The second-order valence-corrected chi connectivity index (χ2v) is 9.16. The van der Waals surface area contributed by atoms with Crippen molar-refractivity contribution in [2.75, 3.05) is 24.9 Å². The van der Waals surface area contributed by atoms with E-state index in [-0.39, 0.29) is 17.7 Å². The summed E-state index contributed by atoms with van der Waals surface area (Å²) in [4.78, 5) is 13.7. The Morgan fingerprint density at radius 3 is 2.30 bits per heavy atom. The van der Waals surface area contributed by atoms with Gasteiger partial charge in [-0.15, -0.1) is 0 Å². The van der Waals surface area contributed by atoms with Gasteiger partial charge in [-0.05, 0) is 58.1 Å². The molecule has 0 saturated carbocycles. The maximum Gasteiger partial charge on any atom is 0.163 e. The maximum absolute atomic E-state index is 13.7. The number of Topliss-reactive ketones (excluding diaryl/α,β-unsaturated/α-hetero) is 1. The molecule has 0 bridgehead atoms. The van der Waals surface area contributed by atoms with Crippen LogP contribution >= 0.6 is 15.9 Å². The molecule has 168 valence electrons. The van der Waals surface area contributed by atoms with Crippen molar-refractivity contribution in [2.24, 2.45) is 0 Å². The van der Waals surface area contributed by atoms with E-state index in [2.05, 4.69) is 38.7 Å². The molecule has 1 aliphatic carbocycles. The van der Waals surface area contributed by atoms with E-state index in [4.69, 9.17) is 9.47 Å². The Balaban J connectivity index is 1.67. The molecule has 0 aromatic heterocycles. The number of halogens is 1. The SMILES string of the molecule is COc1cc([C@H]2Nc3ccccc3NC3=C2C(=O)C[C@@H](c2ccccc2)C3)c(OC)cc1Br. The molecule has 0 spiro atoms. The fraction of sp³-hybridized carbons (Fsp3) is 0.222. The van der Waals surface area contributed by atoms with E-state index in [0.717, 1.165) is 39.1 Å². The van der Waals surface area contributed by atoms with E-state index in [1.807, 2.05) is 54.6 Å². The number of fused-ring (bicyclic) bond motifs is 1. The summed E-state index contributed by atoms with van der Waals surface area (Å²) in [6, 6.07) is 21.8. The van der Waals surface area contributed by atoms with Gasteiger partial charge in [0.15, 0.2) is 5.78 Å². The molecule has 5 nitrogen and oxygen atoms in total. The molecule has 0 radical (unpaired) electrons. The number of carbonyl (C=O) groups is 1. The van der Waals surface area contributed by atoms with Crippen molar-refractivity contribution < 1.29 is 14.3 Å². The zero-order valence-electron chi connectivity index (χ0n) is 18.5. The van der Waals surface area contributed by atoms with Crippen molar-refractivity contribution in [2.45, 2.75) is 24.8 Å². The van der Waals surface area contributed by atoms with Crippen LogP contribution in [0.5, 0.6) is 11.5 Å². The number of allylic oxidation sites excluding steroid dienone is 1. The van der Waals surface area contributed by atoms with Crippen molar-refractivity contribution in [1.82, 2.24) is 0 Å². The predicted octanol–water partition coefficient (Wildman–Crippen LogP) is 6.45. The van der Waals surface area contributed by atoms with E-state index in [1.165, 1.54) is 5.56 Å². The van der Waals surface area contributed by atoms with Crippen molar-refractivity contribution in [3.63, 3.8) is 0 Å². The van der Waals surface area contributed by atoms with Gasteiger partial charge in [0.05, 0.1) is 36.1 Å². The van der Waals surface area contributed by atoms with E-state index in [1.54, 1.807) is 14.2 Å². The molecule has 5 rings (SSSR count). The molecule has 2 atom stereocenters. The van der Waals surface area contributed by atoms with Crippen LogP contribution in [0.25, 0.3) is 0 Å². The molecule has 2 aliphatic rings. The number of rotatable bonds is 4. The molecular weight excluding hydrogens is 480 g/mol. The summed E-state index contributed by atoms with van der Waals surface area (Å²) in [6.45, 7) is 0. The highest BCUT2D eigenvalue weighted by atomic mass is 79.9. The number of methoxy groups -OCH3 is 2. The fourth-order valence-electron chi connectivity index (χ4n) is 4.80. The highest BCUT2D eigenvalue weighted by Gasteiger charge is 2.37. The lowest BCUT2D eigenvalue weighted by atomic mass is 9.78.